The smallest absolute Gasteiger partial charge is 0.277 e. The Kier molecular flexibility index (Phi) is 3.94. The molecule has 0 fully saturated rings. The molecule has 4 N–H and O–H groups in total. The summed E-state index contributed by atoms with van der Waals surface area (Å²) in [5.41, 5.74) is 6.74. The van der Waals surface area contributed by atoms with Gasteiger partial charge in [-0.05, 0) is 28.0 Å². The first-order chi connectivity index (χ1) is 9.61. The zero-order valence-electron chi connectivity index (χ0n) is 10.7. The van der Waals surface area contributed by atoms with Crippen molar-refractivity contribution in [3.05, 3.63) is 41.1 Å². The molecule has 1 heterocycles. The van der Waals surface area contributed by atoms with Crippen molar-refractivity contribution in [2.75, 3.05) is 12.8 Å². The zero-order chi connectivity index (χ0) is 14.5. The average molecular weight is 275 g/mol. The molecule has 0 aliphatic heterocycles. The number of hydrogen-bond acceptors (Lipinski definition) is 6. The number of rotatable bonds is 4. The van der Waals surface area contributed by atoms with Crippen LogP contribution in [0, 0.1) is 0 Å². The van der Waals surface area contributed by atoms with Crippen molar-refractivity contribution < 1.29 is 14.2 Å². The van der Waals surface area contributed by atoms with Crippen LogP contribution in [0.1, 0.15) is 26.4 Å². The maximum atomic E-state index is 11.7. The Labute approximate surface area is 114 Å². The summed E-state index contributed by atoms with van der Waals surface area (Å²) in [6, 6.07) is 6.84. The quantitative estimate of drug-likeness (QED) is 0.718. The Bertz CT molecular complexity index is 620. The van der Waals surface area contributed by atoms with E-state index in [1.807, 2.05) is 0 Å². The largest absolute Gasteiger partial charge is 0.379 e. The van der Waals surface area contributed by atoms with E-state index in [0.29, 0.717) is 5.56 Å². The lowest BCUT2D eigenvalue weighted by molar-refractivity contribution is 0.0938. The summed E-state index contributed by atoms with van der Waals surface area (Å²) in [5.74, 6) is -0.696. The SMILES string of the molecule is CNC(=O)c1ccc(CNC(=O)c2nonc2N)cc1. The Hall–Kier alpha value is -2.90. The van der Waals surface area contributed by atoms with Gasteiger partial charge in [-0.15, -0.1) is 0 Å². The molecule has 0 radical (unpaired) electrons. The highest BCUT2D eigenvalue weighted by Gasteiger charge is 2.15. The van der Waals surface area contributed by atoms with Gasteiger partial charge in [0.25, 0.3) is 11.8 Å². The fourth-order valence-corrected chi connectivity index (χ4v) is 1.54. The van der Waals surface area contributed by atoms with Crippen LogP contribution in [0.4, 0.5) is 5.82 Å². The van der Waals surface area contributed by atoms with E-state index in [2.05, 4.69) is 25.6 Å². The minimum absolute atomic E-state index is 0.0491. The molecule has 8 nitrogen and oxygen atoms in total. The van der Waals surface area contributed by atoms with Crippen molar-refractivity contribution in [3.63, 3.8) is 0 Å². The molecular weight excluding hydrogens is 262 g/mol. The number of anilines is 1. The van der Waals surface area contributed by atoms with Gasteiger partial charge in [-0.3, -0.25) is 9.59 Å². The number of carbonyl (C=O) groups is 2. The van der Waals surface area contributed by atoms with Crippen molar-refractivity contribution in [2.24, 2.45) is 0 Å². The Morgan fingerprint density at radius 3 is 2.45 bits per heavy atom. The van der Waals surface area contributed by atoms with Gasteiger partial charge in [0.2, 0.25) is 11.5 Å². The fraction of sp³-hybridized carbons (Fsp3) is 0.167. The molecule has 104 valence electrons. The Balaban J connectivity index is 1.96. The van der Waals surface area contributed by atoms with E-state index in [4.69, 9.17) is 5.73 Å². The second kappa shape index (κ2) is 5.83. The molecule has 1 aromatic carbocycles. The molecule has 8 heteroatoms. The van der Waals surface area contributed by atoms with Crippen LogP contribution in [0.5, 0.6) is 0 Å². The molecule has 2 amide bonds. The number of nitrogens with zero attached hydrogens (tertiary/aromatic N) is 2. The highest BCUT2D eigenvalue weighted by Crippen LogP contribution is 2.06. The number of amides is 2. The maximum absolute atomic E-state index is 11.7. The van der Waals surface area contributed by atoms with E-state index in [-0.39, 0.29) is 24.0 Å². The number of nitrogen functional groups attached to an aromatic ring is 1. The summed E-state index contributed by atoms with van der Waals surface area (Å²) in [6.45, 7) is 0.277. The first-order valence-electron chi connectivity index (χ1n) is 5.79. The molecule has 0 spiro atoms. The van der Waals surface area contributed by atoms with E-state index in [9.17, 15) is 9.59 Å². The molecule has 0 unspecified atom stereocenters. The van der Waals surface area contributed by atoms with Crippen molar-refractivity contribution in [1.82, 2.24) is 20.9 Å². The molecule has 20 heavy (non-hydrogen) atoms. The lowest BCUT2D eigenvalue weighted by Gasteiger charge is -2.05. The van der Waals surface area contributed by atoms with Crippen molar-refractivity contribution >= 4 is 17.6 Å². The number of benzene rings is 1. The highest BCUT2D eigenvalue weighted by molar-refractivity contribution is 5.96. The summed E-state index contributed by atoms with van der Waals surface area (Å²) in [4.78, 5) is 23.1. The molecule has 2 rings (SSSR count). The van der Waals surface area contributed by atoms with Crippen LogP contribution in [0.25, 0.3) is 0 Å². The van der Waals surface area contributed by atoms with Gasteiger partial charge in [0.15, 0.2) is 0 Å². The zero-order valence-corrected chi connectivity index (χ0v) is 10.7. The van der Waals surface area contributed by atoms with Gasteiger partial charge in [-0.25, -0.2) is 4.63 Å². The maximum Gasteiger partial charge on any atom is 0.277 e. The van der Waals surface area contributed by atoms with Crippen LogP contribution in [-0.4, -0.2) is 29.2 Å². The summed E-state index contributed by atoms with van der Waals surface area (Å²) >= 11 is 0. The van der Waals surface area contributed by atoms with Gasteiger partial charge in [-0.2, -0.15) is 0 Å². The number of aromatic nitrogens is 2. The molecule has 0 bridgehead atoms. The number of hydrogen-bond donors (Lipinski definition) is 3. The van der Waals surface area contributed by atoms with Crippen LogP contribution in [-0.2, 0) is 6.54 Å². The third-order valence-electron chi connectivity index (χ3n) is 2.63. The number of carbonyl (C=O) groups excluding carboxylic acids is 2. The van der Waals surface area contributed by atoms with Gasteiger partial charge in [0.05, 0.1) is 0 Å². The summed E-state index contributed by atoms with van der Waals surface area (Å²) in [5, 5.41) is 11.9. The van der Waals surface area contributed by atoms with E-state index < -0.39 is 5.91 Å². The summed E-state index contributed by atoms with van der Waals surface area (Å²) in [7, 11) is 1.56. The van der Waals surface area contributed by atoms with Crippen LogP contribution < -0.4 is 16.4 Å². The lowest BCUT2D eigenvalue weighted by Crippen LogP contribution is -2.24. The van der Waals surface area contributed by atoms with E-state index in [0.717, 1.165) is 5.56 Å². The summed E-state index contributed by atoms with van der Waals surface area (Å²) < 4.78 is 4.34. The Morgan fingerprint density at radius 2 is 1.90 bits per heavy atom. The third-order valence-corrected chi connectivity index (χ3v) is 2.63. The molecule has 2 aromatic rings. The molecular formula is C12H13N5O3. The van der Waals surface area contributed by atoms with Gasteiger partial charge in [-0.1, -0.05) is 12.1 Å². The van der Waals surface area contributed by atoms with Gasteiger partial charge in [0.1, 0.15) is 0 Å². The molecule has 0 saturated carbocycles. The topological polar surface area (TPSA) is 123 Å². The van der Waals surface area contributed by atoms with Crippen molar-refractivity contribution in [3.8, 4) is 0 Å². The van der Waals surface area contributed by atoms with E-state index in [1.165, 1.54) is 0 Å². The van der Waals surface area contributed by atoms with Crippen LogP contribution >= 0.6 is 0 Å². The molecule has 0 atom stereocenters. The van der Waals surface area contributed by atoms with Crippen molar-refractivity contribution in [2.45, 2.75) is 6.54 Å². The Morgan fingerprint density at radius 1 is 1.20 bits per heavy atom. The van der Waals surface area contributed by atoms with Crippen molar-refractivity contribution in [1.29, 1.82) is 0 Å². The third kappa shape index (κ3) is 2.91. The first-order valence-corrected chi connectivity index (χ1v) is 5.79. The van der Waals surface area contributed by atoms with Gasteiger partial charge >= 0.3 is 0 Å². The van der Waals surface area contributed by atoms with Gasteiger partial charge < -0.3 is 16.4 Å². The molecule has 0 aliphatic carbocycles. The predicted octanol–water partition coefficient (Wildman–Crippen LogP) is -0.0586. The molecule has 0 saturated heterocycles. The van der Waals surface area contributed by atoms with Gasteiger partial charge in [0, 0.05) is 19.2 Å². The summed E-state index contributed by atoms with van der Waals surface area (Å²) in [6.07, 6.45) is 0. The minimum Gasteiger partial charge on any atom is -0.379 e. The predicted molar refractivity (Wildman–Crippen MR) is 69.7 cm³/mol. The standard InChI is InChI=1S/C12H13N5O3/c1-14-11(18)8-4-2-7(3-5-8)6-15-12(19)9-10(13)17-20-16-9/h2-5H,6H2,1H3,(H2,13,17)(H,14,18)(H,15,19). The molecule has 1 aromatic heterocycles. The molecule has 0 aliphatic rings. The normalized spacial score (nSPS) is 10.1. The second-order valence-corrected chi connectivity index (χ2v) is 3.96. The lowest BCUT2D eigenvalue weighted by atomic mass is 10.1. The minimum atomic E-state index is -0.473. The van der Waals surface area contributed by atoms with E-state index in [1.54, 1.807) is 31.3 Å². The first kappa shape index (κ1) is 13.5. The fourth-order valence-electron chi connectivity index (χ4n) is 1.54. The van der Waals surface area contributed by atoms with Crippen LogP contribution in [0.2, 0.25) is 0 Å². The average Bonchev–Trinajstić information content (AvgIpc) is 2.90. The second-order valence-electron chi connectivity index (χ2n) is 3.96. The monoisotopic (exact) mass is 275 g/mol. The van der Waals surface area contributed by atoms with E-state index >= 15 is 0 Å². The van der Waals surface area contributed by atoms with Crippen LogP contribution in [0.3, 0.4) is 0 Å². The van der Waals surface area contributed by atoms with Crippen LogP contribution in [0.15, 0.2) is 28.9 Å². The number of nitrogens with one attached hydrogen (secondary N) is 2. The highest BCUT2D eigenvalue weighted by atomic mass is 16.6. The number of nitrogens with two attached hydrogens (primary N) is 1.